The third kappa shape index (κ3) is 2.11. The van der Waals surface area contributed by atoms with E-state index in [2.05, 4.69) is 5.32 Å². The summed E-state index contributed by atoms with van der Waals surface area (Å²) >= 11 is 0. The van der Waals surface area contributed by atoms with Crippen LogP contribution in [0.1, 0.15) is 18.1 Å². The minimum Gasteiger partial charge on any atom is -0.497 e. The highest BCUT2D eigenvalue weighted by Gasteiger charge is 2.55. The first-order valence-electron chi connectivity index (χ1n) is 7.57. The summed E-state index contributed by atoms with van der Waals surface area (Å²) < 4.78 is 10.9. The van der Waals surface area contributed by atoms with Crippen molar-refractivity contribution in [3.8, 4) is 11.5 Å². The minimum absolute atomic E-state index is 0.401. The summed E-state index contributed by atoms with van der Waals surface area (Å²) in [5.74, 6) is -0.279. The van der Waals surface area contributed by atoms with Gasteiger partial charge in [-0.2, -0.15) is 0 Å². The average molecular weight is 326 g/mol. The highest BCUT2D eigenvalue weighted by atomic mass is 16.5. The Morgan fingerprint density at radius 3 is 2.62 bits per heavy atom. The molecule has 0 saturated carbocycles. The summed E-state index contributed by atoms with van der Waals surface area (Å²) in [7, 11) is 1.52. The number of primary amides is 1. The number of fused-ring (bicyclic) bond motifs is 1. The first-order chi connectivity index (χ1) is 11.6. The van der Waals surface area contributed by atoms with Crippen LogP contribution in [-0.2, 0) is 15.0 Å². The van der Waals surface area contributed by atoms with Gasteiger partial charge in [-0.1, -0.05) is 18.2 Å². The molecule has 1 heterocycles. The van der Waals surface area contributed by atoms with Crippen molar-refractivity contribution in [3.63, 3.8) is 0 Å². The molecular weight excluding hydrogens is 308 g/mol. The second kappa shape index (κ2) is 5.88. The molecule has 0 radical (unpaired) electrons. The largest absolute Gasteiger partial charge is 0.497 e. The van der Waals surface area contributed by atoms with E-state index in [1.165, 1.54) is 7.11 Å². The standard InChI is InChI=1S/C18H18N2O4/c1-3-24-15-7-5-4-6-12(15)18(16(19)21)13-10-11(23-2)8-9-14(13)20-17(18)22/h4-10H,3H2,1-2H3,(H2,19,21)(H,20,22). The van der Waals surface area contributed by atoms with Crippen molar-refractivity contribution in [1.82, 2.24) is 0 Å². The Bertz CT molecular complexity index is 818. The zero-order chi connectivity index (χ0) is 17.3. The summed E-state index contributed by atoms with van der Waals surface area (Å²) in [4.78, 5) is 25.4. The summed E-state index contributed by atoms with van der Waals surface area (Å²) in [5, 5.41) is 2.74. The minimum atomic E-state index is -1.66. The van der Waals surface area contributed by atoms with E-state index in [0.29, 0.717) is 34.9 Å². The van der Waals surface area contributed by atoms with Crippen LogP contribution in [0.15, 0.2) is 42.5 Å². The molecule has 3 rings (SSSR count). The lowest BCUT2D eigenvalue weighted by Gasteiger charge is -2.26. The highest BCUT2D eigenvalue weighted by molar-refractivity contribution is 6.23. The second-order valence-corrected chi connectivity index (χ2v) is 5.41. The van der Waals surface area contributed by atoms with Crippen LogP contribution < -0.4 is 20.5 Å². The van der Waals surface area contributed by atoms with Crippen molar-refractivity contribution in [2.45, 2.75) is 12.3 Å². The van der Waals surface area contributed by atoms with Gasteiger partial charge in [0.25, 0.3) is 0 Å². The van der Waals surface area contributed by atoms with Crippen molar-refractivity contribution >= 4 is 17.5 Å². The first-order valence-corrected chi connectivity index (χ1v) is 7.57. The normalized spacial score (nSPS) is 18.7. The number of para-hydroxylation sites is 1. The Kier molecular flexibility index (Phi) is 3.89. The lowest BCUT2D eigenvalue weighted by molar-refractivity contribution is -0.130. The third-order valence-corrected chi connectivity index (χ3v) is 4.18. The van der Waals surface area contributed by atoms with Gasteiger partial charge in [-0.25, -0.2) is 0 Å². The van der Waals surface area contributed by atoms with Crippen molar-refractivity contribution in [2.24, 2.45) is 5.73 Å². The molecule has 0 spiro atoms. The number of ether oxygens (including phenoxy) is 2. The molecule has 124 valence electrons. The molecule has 6 nitrogen and oxygen atoms in total. The number of rotatable bonds is 5. The molecule has 24 heavy (non-hydrogen) atoms. The number of carbonyl (C=O) groups excluding carboxylic acids is 2. The molecule has 1 atom stereocenters. The van der Waals surface area contributed by atoms with Crippen LogP contribution in [0.3, 0.4) is 0 Å². The van der Waals surface area contributed by atoms with E-state index in [4.69, 9.17) is 15.2 Å². The van der Waals surface area contributed by atoms with E-state index in [9.17, 15) is 9.59 Å². The van der Waals surface area contributed by atoms with E-state index in [-0.39, 0.29) is 0 Å². The van der Waals surface area contributed by atoms with E-state index in [1.54, 1.807) is 42.5 Å². The van der Waals surface area contributed by atoms with E-state index >= 15 is 0 Å². The SMILES string of the molecule is CCOc1ccccc1C1(C(N)=O)C(=O)Nc2ccc(OC)cc21. The third-order valence-electron chi connectivity index (χ3n) is 4.18. The van der Waals surface area contributed by atoms with Crippen LogP contribution in [0.25, 0.3) is 0 Å². The fourth-order valence-electron chi connectivity index (χ4n) is 3.11. The van der Waals surface area contributed by atoms with Gasteiger partial charge in [0, 0.05) is 16.8 Å². The smallest absolute Gasteiger partial charge is 0.249 e. The second-order valence-electron chi connectivity index (χ2n) is 5.41. The van der Waals surface area contributed by atoms with Gasteiger partial charge in [-0.05, 0) is 31.2 Å². The molecule has 6 heteroatoms. The predicted molar refractivity (Wildman–Crippen MR) is 89.2 cm³/mol. The van der Waals surface area contributed by atoms with Crippen LogP contribution in [-0.4, -0.2) is 25.5 Å². The van der Waals surface area contributed by atoms with Crippen molar-refractivity contribution in [3.05, 3.63) is 53.6 Å². The zero-order valence-corrected chi connectivity index (χ0v) is 13.5. The Hall–Kier alpha value is -3.02. The number of hydrogen-bond donors (Lipinski definition) is 2. The number of nitrogens with one attached hydrogen (secondary N) is 1. The highest BCUT2D eigenvalue weighted by Crippen LogP contribution is 2.47. The maximum Gasteiger partial charge on any atom is 0.249 e. The molecule has 0 aromatic heterocycles. The Labute approximate surface area is 139 Å². The number of amides is 2. The fraction of sp³-hybridized carbons (Fsp3) is 0.222. The van der Waals surface area contributed by atoms with Gasteiger partial charge >= 0.3 is 0 Å². The molecule has 3 N–H and O–H groups in total. The van der Waals surface area contributed by atoms with Gasteiger partial charge in [0.1, 0.15) is 11.5 Å². The maximum atomic E-state index is 12.8. The van der Waals surface area contributed by atoms with Gasteiger partial charge in [0.2, 0.25) is 11.8 Å². The number of carbonyl (C=O) groups is 2. The summed E-state index contributed by atoms with van der Waals surface area (Å²) in [6, 6.07) is 12.0. The van der Waals surface area contributed by atoms with E-state index in [0.717, 1.165) is 0 Å². The molecule has 0 fully saturated rings. The first kappa shape index (κ1) is 15.9. The van der Waals surface area contributed by atoms with Crippen LogP contribution in [0, 0.1) is 0 Å². The van der Waals surface area contributed by atoms with Gasteiger partial charge < -0.3 is 20.5 Å². The molecule has 0 bridgehead atoms. The predicted octanol–water partition coefficient (Wildman–Crippen LogP) is 1.82. The van der Waals surface area contributed by atoms with Gasteiger partial charge in [-0.15, -0.1) is 0 Å². The zero-order valence-electron chi connectivity index (χ0n) is 13.5. The summed E-state index contributed by atoms with van der Waals surface area (Å²) in [6.07, 6.45) is 0. The topological polar surface area (TPSA) is 90.7 Å². The van der Waals surface area contributed by atoms with E-state index < -0.39 is 17.2 Å². The monoisotopic (exact) mass is 326 g/mol. The van der Waals surface area contributed by atoms with Gasteiger partial charge in [0.15, 0.2) is 5.41 Å². The van der Waals surface area contributed by atoms with Crippen LogP contribution in [0.2, 0.25) is 0 Å². The molecule has 2 aromatic carbocycles. The average Bonchev–Trinajstić information content (AvgIpc) is 2.87. The molecule has 0 aliphatic carbocycles. The Morgan fingerprint density at radius 2 is 1.96 bits per heavy atom. The number of anilines is 1. The molecule has 1 aliphatic heterocycles. The summed E-state index contributed by atoms with van der Waals surface area (Å²) in [6.45, 7) is 2.23. The lowest BCUT2D eigenvalue weighted by Crippen LogP contribution is -2.48. The molecule has 1 unspecified atom stereocenters. The van der Waals surface area contributed by atoms with E-state index in [1.807, 2.05) is 6.92 Å². The Balaban J connectivity index is 2.33. The lowest BCUT2D eigenvalue weighted by atomic mass is 9.74. The van der Waals surface area contributed by atoms with Crippen molar-refractivity contribution in [1.29, 1.82) is 0 Å². The quantitative estimate of drug-likeness (QED) is 0.820. The maximum absolute atomic E-state index is 12.8. The molecule has 1 aliphatic rings. The van der Waals surface area contributed by atoms with Crippen molar-refractivity contribution in [2.75, 3.05) is 19.0 Å². The van der Waals surface area contributed by atoms with Crippen LogP contribution in [0.5, 0.6) is 11.5 Å². The number of nitrogens with two attached hydrogens (primary N) is 1. The fourth-order valence-corrected chi connectivity index (χ4v) is 3.11. The van der Waals surface area contributed by atoms with Crippen molar-refractivity contribution < 1.29 is 19.1 Å². The van der Waals surface area contributed by atoms with Crippen LogP contribution in [0.4, 0.5) is 5.69 Å². The molecule has 2 amide bonds. The number of methoxy groups -OCH3 is 1. The Morgan fingerprint density at radius 1 is 1.21 bits per heavy atom. The summed E-state index contributed by atoms with van der Waals surface area (Å²) in [5.41, 5.74) is 5.49. The number of hydrogen-bond acceptors (Lipinski definition) is 4. The molecule has 0 saturated heterocycles. The van der Waals surface area contributed by atoms with Gasteiger partial charge in [0.05, 0.1) is 13.7 Å². The number of benzene rings is 2. The van der Waals surface area contributed by atoms with Crippen LogP contribution >= 0.6 is 0 Å². The molecular formula is C18H18N2O4. The molecule has 2 aromatic rings. The van der Waals surface area contributed by atoms with Gasteiger partial charge in [-0.3, -0.25) is 9.59 Å².